The fraction of sp³-hybridized carbons (Fsp3) is 0.111. The third kappa shape index (κ3) is 4.81. The number of hydrogen-bond acceptors (Lipinski definition) is 2. The van der Waals surface area contributed by atoms with E-state index in [0.717, 1.165) is 15.2 Å². The van der Waals surface area contributed by atoms with Gasteiger partial charge in [0.2, 0.25) is 10.0 Å². The molecule has 0 heterocycles. The Balaban J connectivity index is 3.13. The number of rotatable bonds is 3. The molecular weight excluding hydrogens is 346 g/mol. The lowest BCUT2D eigenvalue weighted by molar-refractivity contribution is 0.607. The molecule has 0 aromatic heterocycles. The largest absolute Gasteiger partial charge is 0.283 e. The predicted molar refractivity (Wildman–Crippen MR) is 70.7 cm³/mol. The molecule has 0 radical (unpaired) electrons. The Morgan fingerprint density at radius 3 is 2.47 bits per heavy atom. The summed E-state index contributed by atoms with van der Waals surface area (Å²) in [4.78, 5) is 0. The van der Waals surface area contributed by atoms with Crippen LogP contribution < -0.4 is 4.72 Å². The van der Waals surface area contributed by atoms with Crippen molar-refractivity contribution in [2.45, 2.75) is 0 Å². The SMILES string of the molecule is CS(=O)(=O)Nc1ccccc1C=C(Br)Br. The van der Waals surface area contributed by atoms with Crippen LogP contribution in [0.1, 0.15) is 5.56 Å². The van der Waals surface area contributed by atoms with E-state index < -0.39 is 10.0 Å². The number of sulfonamides is 1. The first-order valence-corrected chi connectivity index (χ1v) is 7.46. The Kier molecular flexibility index (Phi) is 4.36. The van der Waals surface area contributed by atoms with Gasteiger partial charge in [-0.25, -0.2) is 8.42 Å². The van der Waals surface area contributed by atoms with Crippen LogP contribution in [0.15, 0.2) is 27.7 Å². The third-order valence-electron chi connectivity index (χ3n) is 1.52. The molecule has 0 aliphatic rings. The smallest absolute Gasteiger partial charge is 0.229 e. The summed E-state index contributed by atoms with van der Waals surface area (Å²) in [6.07, 6.45) is 2.89. The van der Waals surface area contributed by atoms with Crippen molar-refractivity contribution < 1.29 is 8.42 Å². The summed E-state index contributed by atoms with van der Waals surface area (Å²) in [6, 6.07) is 7.13. The van der Waals surface area contributed by atoms with Crippen LogP contribution in [0, 0.1) is 0 Å². The van der Waals surface area contributed by atoms with E-state index in [1.807, 2.05) is 12.1 Å². The van der Waals surface area contributed by atoms with E-state index in [4.69, 9.17) is 0 Å². The minimum Gasteiger partial charge on any atom is -0.283 e. The lowest BCUT2D eigenvalue weighted by atomic mass is 10.2. The molecule has 0 bridgehead atoms. The fourth-order valence-corrected chi connectivity index (χ4v) is 2.11. The molecule has 0 atom stereocenters. The lowest BCUT2D eigenvalue weighted by Gasteiger charge is -2.07. The van der Waals surface area contributed by atoms with Crippen LogP contribution >= 0.6 is 31.9 Å². The minimum atomic E-state index is -3.25. The van der Waals surface area contributed by atoms with E-state index in [-0.39, 0.29) is 0 Å². The van der Waals surface area contributed by atoms with Gasteiger partial charge in [-0.3, -0.25) is 4.72 Å². The van der Waals surface area contributed by atoms with Crippen molar-refractivity contribution in [3.8, 4) is 0 Å². The zero-order chi connectivity index (χ0) is 11.5. The summed E-state index contributed by atoms with van der Waals surface area (Å²) < 4.78 is 25.4. The number of para-hydroxylation sites is 1. The van der Waals surface area contributed by atoms with E-state index in [0.29, 0.717) is 5.69 Å². The zero-order valence-electron chi connectivity index (χ0n) is 7.87. The zero-order valence-corrected chi connectivity index (χ0v) is 11.9. The molecule has 0 amide bonds. The number of halogens is 2. The summed E-state index contributed by atoms with van der Waals surface area (Å²) in [5.41, 5.74) is 1.34. The van der Waals surface area contributed by atoms with E-state index in [1.165, 1.54) is 0 Å². The van der Waals surface area contributed by atoms with Crippen LogP contribution in [0.3, 0.4) is 0 Å². The average molecular weight is 355 g/mol. The number of nitrogens with one attached hydrogen (secondary N) is 1. The minimum absolute atomic E-state index is 0.552. The number of hydrogen-bond donors (Lipinski definition) is 1. The molecule has 0 unspecified atom stereocenters. The first kappa shape index (κ1) is 12.7. The molecule has 0 aliphatic carbocycles. The van der Waals surface area contributed by atoms with Gasteiger partial charge in [0.25, 0.3) is 0 Å². The Morgan fingerprint density at radius 1 is 1.33 bits per heavy atom. The second-order valence-electron chi connectivity index (χ2n) is 2.90. The van der Waals surface area contributed by atoms with Gasteiger partial charge < -0.3 is 0 Å². The molecule has 0 fully saturated rings. The molecule has 6 heteroatoms. The summed E-state index contributed by atoms with van der Waals surface area (Å²) in [6.45, 7) is 0. The van der Waals surface area contributed by atoms with Gasteiger partial charge in [0.05, 0.1) is 15.3 Å². The molecule has 3 nitrogen and oxygen atoms in total. The van der Waals surface area contributed by atoms with Crippen molar-refractivity contribution in [3.05, 3.63) is 33.2 Å². The van der Waals surface area contributed by atoms with Crippen molar-refractivity contribution in [2.24, 2.45) is 0 Å². The van der Waals surface area contributed by atoms with E-state index in [9.17, 15) is 8.42 Å². The first-order chi connectivity index (χ1) is 6.88. The standard InChI is InChI=1S/C9H9Br2NO2S/c1-15(13,14)12-8-5-3-2-4-7(8)6-9(10)11/h2-6,12H,1H3. The van der Waals surface area contributed by atoms with E-state index >= 15 is 0 Å². The molecule has 1 rings (SSSR count). The van der Waals surface area contributed by atoms with Gasteiger partial charge in [-0.15, -0.1) is 0 Å². The lowest BCUT2D eigenvalue weighted by Crippen LogP contribution is -2.10. The van der Waals surface area contributed by atoms with Gasteiger partial charge in [-0.05, 0) is 44.0 Å². The molecule has 1 aromatic carbocycles. The second kappa shape index (κ2) is 5.14. The number of anilines is 1. The van der Waals surface area contributed by atoms with Crippen LogP contribution in [0.4, 0.5) is 5.69 Å². The Bertz CT molecular complexity index is 479. The highest BCUT2D eigenvalue weighted by Crippen LogP contribution is 2.23. The molecule has 82 valence electrons. The van der Waals surface area contributed by atoms with Gasteiger partial charge >= 0.3 is 0 Å². The Morgan fingerprint density at radius 2 is 1.93 bits per heavy atom. The summed E-state index contributed by atoms with van der Waals surface area (Å²) in [5, 5.41) is 0. The molecule has 0 spiro atoms. The predicted octanol–water partition coefficient (Wildman–Crippen LogP) is 3.15. The van der Waals surface area contributed by atoms with Crippen LogP contribution in [-0.4, -0.2) is 14.7 Å². The van der Waals surface area contributed by atoms with Crippen molar-refractivity contribution in [2.75, 3.05) is 11.0 Å². The summed E-state index contributed by atoms with van der Waals surface area (Å²) >= 11 is 6.45. The summed E-state index contributed by atoms with van der Waals surface area (Å²) in [5.74, 6) is 0. The van der Waals surface area contributed by atoms with Crippen molar-refractivity contribution in [3.63, 3.8) is 0 Å². The molecule has 1 N–H and O–H groups in total. The third-order valence-corrected chi connectivity index (χ3v) is 2.57. The summed E-state index contributed by atoms with van der Waals surface area (Å²) in [7, 11) is -3.25. The second-order valence-corrected chi connectivity index (χ2v) is 7.42. The Hall–Kier alpha value is -0.330. The maximum Gasteiger partial charge on any atom is 0.229 e. The highest BCUT2D eigenvalue weighted by Gasteiger charge is 2.04. The maximum atomic E-state index is 11.1. The highest BCUT2D eigenvalue weighted by atomic mass is 79.9. The Labute approximate surface area is 106 Å². The maximum absolute atomic E-state index is 11.1. The molecule has 0 saturated heterocycles. The normalized spacial score (nSPS) is 10.9. The van der Waals surface area contributed by atoms with Gasteiger partial charge in [0, 0.05) is 5.56 Å². The van der Waals surface area contributed by atoms with Gasteiger partial charge in [0.15, 0.2) is 0 Å². The molecule has 0 saturated carbocycles. The quantitative estimate of drug-likeness (QED) is 0.906. The average Bonchev–Trinajstić information content (AvgIpc) is 2.05. The van der Waals surface area contributed by atoms with Gasteiger partial charge in [-0.1, -0.05) is 18.2 Å². The number of benzene rings is 1. The van der Waals surface area contributed by atoms with Crippen LogP contribution in [-0.2, 0) is 10.0 Å². The molecule has 0 aliphatic heterocycles. The monoisotopic (exact) mass is 353 g/mol. The van der Waals surface area contributed by atoms with Gasteiger partial charge in [-0.2, -0.15) is 0 Å². The molecule has 15 heavy (non-hydrogen) atoms. The van der Waals surface area contributed by atoms with Crippen LogP contribution in [0.5, 0.6) is 0 Å². The van der Waals surface area contributed by atoms with Gasteiger partial charge in [0.1, 0.15) is 0 Å². The van der Waals surface area contributed by atoms with Crippen molar-refractivity contribution in [1.82, 2.24) is 0 Å². The molecule has 1 aromatic rings. The molecular formula is C9H9Br2NO2S. The van der Waals surface area contributed by atoms with Crippen LogP contribution in [0.2, 0.25) is 0 Å². The van der Waals surface area contributed by atoms with Crippen molar-refractivity contribution in [1.29, 1.82) is 0 Å². The highest BCUT2D eigenvalue weighted by molar-refractivity contribution is 9.28. The van der Waals surface area contributed by atoms with E-state index in [1.54, 1.807) is 18.2 Å². The topological polar surface area (TPSA) is 46.2 Å². The van der Waals surface area contributed by atoms with Crippen molar-refractivity contribution >= 4 is 53.6 Å². The van der Waals surface area contributed by atoms with Crippen LogP contribution in [0.25, 0.3) is 6.08 Å². The van der Waals surface area contributed by atoms with E-state index in [2.05, 4.69) is 36.6 Å². The fourth-order valence-electron chi connectivity index (χ4n) is 1.03. The first-order valence-electron chi connectivity index (χ1n) is 3.98.